The lowest BCUT2D eigenvalue weighted by Gasteiger charge is -2.15. The quantitative estimate of drug-likeness (QED) is 0.776. The lowest BCUT2D eigenvalue weighted by atomic mass is 10.0. The highest BCUT2D eigenvalue weighted by molar-refractivity contribution is 6.06. The van der Waals surface area contributed by atoms with Crippen molar-refractivity contribution in [2.75, 3.05) is 19.6 Å². The molecule has 23 heavy (non-hydrogen) atoms. The van der Waals surface area contributed by atoms with Crippen molar-refractivity contribution in [2.24, 2.45) is 5.92 Å². The maximum Gasteiger partial charge on any atom is 0.259 e. The summed E-state index contributed by atoms with van der Waals surface area (Å²) in [6.45, 7) is 7.53. The van der Waals surface area contributed by atoms with Crippen LogP contribution >= 0.6 is 0 Å². The molecule has 1 aliphatic rings. The van der Waals surface area contributed by atoms with Crippen molar-refractivity contribution in [1.29, 1.82) is 0 Å². The first kappa shape index (κ1) is 15.9. The Morgan fingerprint density at radius 3 is 2.96 bits per heavy atom. The molecule has 2 aromatic heterocycles. The predicted molar refractivity (Wildman–Crippen MR) is 85.3 cm³/mol. The minimum absolute atomic E-state index is 0.0319. The molecule has 3 heterocycles. The number of hydrogen-bond acceptors (Lipinski definition) is 6. The number of β-amino-alcohol motifs (C(OH)–C–C–N with tert-alkyl or cyclic N) is 1. The van der Waals surface area contributed by atoms with Crippen molar-refractivity contribution in [2.45, 2.75) is 32.8 Å². The second kappa shape index (κ2) is 6.25. The third kappa shape index (κ3) is 3.07. The number of nitrogens with zero attached hydrogens (tertiary/aromatic N) is 2. The fourth-order valence-electron chi connectivity index (χ4n) is 2.84. The molecule has 7 heteroatoms. The summed E-state index contributed by atoms with van der Waals surface area (Å²) in [6, 6.07) is 1.80. The standard InChI is InChI=1S/C16H22N4O3/c1-8(2)12-4-11(14-9(3)20-23-16(14)19-12)15(22)18-6-10-5-17-7-13(10)21/h4,8,10,13,17,21H,5-7H2,1-3H3,(H,18,22). The van der Waals surface area contributed by atoms with Crippen LogP contribution in [-0.4, -0.2) is 46.9 Å². The fraction of sp³-hybridized carbons (Fsp3) is 0.562. The first-order valence-electron chi connectivity index (χ1n) is 7.91. The fourth-order valence-corrected chi connectivity index (χ4v) is 2.84. The normalized spacial score (nSPS) is 21.3. The second-order valence-corrected chi connectivity index (χ2v) is 6.39. The molecule has 0 aliphatic carbocycles. The van der Waals surface area contributed by atoms with Gasteiger partial charge < -0.3 is 20.3 Å². The third-order valence-corrected chi connectivity index (χ3v) is 4.30. The van der Waals surface area contributed by atoms with Crippen LogP contribution in [0.15, 0.2) is 10.6 Å². The summed E-state index contributed by atoms with van der Waals surface area (Å²) in [5, 5.41) is 20.4. The Kier molecular flexibility index (Phi) is 4.32. The van der Waals surface area contributed by atoms with E-state index >= 15 is 0 Å². The molecule has 1 fully saturated rings. The Labute approximate surface area is 134 Å². The van der Waals surface area contributed by atoms with Gasteiger partial charge in [0.2, 0.25) is 0 Å². The van der Waals surface area contributed by atoms with Gasteiger partial charge >= 0.3 is 0 Å². The van der Waals surface area contributed by atoms with Gasteiger partial charge in [-0.15, -0.1) is 0 Å². The number of aliphatic hydroxyl groups excluding tert-OH is 1. The Hall–Kier alpha value is -1.99. The van der Waals surface area contributed by atoms with Gasteiger partial charge in [-0.1, -0.05) is 19.0 Å². The highest BCUT2D eigenvalue weighted by Gasteiger charge is 2.26. The molecule has 1 aliphatic heterocycles. The molecule has 0 bridgehead atoms. The lowest BCUT2D eigenvalue weighted by molar-refractivity contribution is 0.0928. The second-order valence-electron chi connectivity index (χ2n) is 6.39. The van der Waals surface area contributed by atoms with Gasteiger partial charge in [-0.3, -0.25) is 4.79 Å². The number of fused-ring (bicyclic) bond motifs is 1. The van der Waals surface area contributed by atoms with E-state index in [0.717, 1.165) is 5.69 Å². The summed E-state index contributed by atoms with van der Waals surface area (Å²) in [5.41, 5.74) is 2.36. The number of aromatic nitrogens is 2. The van der Waals surface area contributed by atoms with Crippen molar-refractivity contribution in [1.82, 2.24) is 20.8 Å². The van der Waals surface area contributed by atoms with E-state index in [1.54, 1.807) is 13.0 Å². The molecule has 1 saturated heterocycles. The number of carbonyl (C=O) groups is 1. The molecule has 124 valence electrons. The lowest BCUT2D eigenvalue weighted by Crippen LogP contribution is -2.34. The van der Waals surface area contributed by atoms with Crippen molar-refractivity contribution in [3.63, 3.8) is 0 Å². The monoisotopic (exact) mass is 318 g/mol. The Balaban J connectivity index is 1.87. The zero-order chi connectivity index (χ0) is 16.6. The Morgan fingerprint density at radius 2 is 2.30 bits per heavy atom. The maximum atomic E-state index is 12.6. The van der Waals surface area contributed by atoms with Gasteiger partial charge in [0.1, 0.15) is 0 Å². The molecule has 0 radical (unpaired) electrons. The minimum Gasteiger partial charge on any atom is -0.391 e. The largest absolute Gasteiger partial charge is 0.391 e. The van der Waals surface area contributed by atoms with Crippen LogP contribution in [0.4, 0.5) is 0 Å². The van der Waals surface area contributed by atoms with Crippen LogP contribution in [0, 0.1) is 12.8 Å². The van der Waals surface area contributed by atoms with Crippen LogP contribution in [0.1, 0.15) is 41.5 Å². The van der Waals surface area contributed by atoms with Crippen molar-refractivity contribution < 1.29 is 14.4 Å². The summed E-state index contributed by atoms with van der Waals surface area (Å²) < 4.78 is 5.23. The summed E-state index contributed by atoms with van der Waals surface area (Å²) in [5.74, 6) is 0.0197. The Bertz CT molecular complexity index is 725. The molecule has 0 aromatic carbocycles. The predicted octanol–water partition coefficient (Wildman–Crippen LogP) is 0.965. The zero-order valence-corrected chi connectivity index (χ0v) is 13.6. The summed E-state index contributed by atoms with van der Waals surface area (Å²) >= 11 is 0. The average molecular weight is 318 g/mol. The molecule has 0 saturated carbocycles. The highest BCUT2D eigenvalue weighted by atomic mass is 16.5. The first-order valence-corrected chi connectivity index (χ1v) is 7.91. The van der Waals surface area contributed by atoms with E-state index in [1.165, 1.54) is 0 Å². The van der Waals surface area contributed by atoms with Gasteiger partial charge in [0.05, 0.1) is 22.7 Å². The van der Waals surface area contributed by atoms with Crippen molar-refractivity contribution in [3.05, 3.63) is 23.0 Å². The molecule has 0 spiro atoms. The molecule has 7 nitrogen and oxygen atoms in total. The van der Waals surface area contributed by atoms with Gasteiger partial charge in [0.15, 0.2) is 0 Å². The van der Waals surface area contributed by atoms with E-state index in [1.807, 2.05) is 13.8 Å². The molecule has 1 amide bonds. The van der Waals surface area contributed by atoms with E-state index in [0.29, 0.717) is 42.0 Å². The van der Waals surface area contributed by atoms with E-state index in [2.05, 4.69) is 20.8 Å². The van der Waals surface area contributed by atoms with Gasteiger partial charge in [0, 0.05) is 31.2 Å². The first-order chi connectivity index (χ1) is 11.0. The maximum absolute atomic E-state index is 12.6. The zero-order valence-electron chi connectivity index (χ0n) is 13.6. The van der Waals surface area contributed by atoms with Crippen LogP contribution in [0.2, 0.25) is 0 Å². The topological polar surface area (TPSA) is 100 Å². The highest BCUT2D eigenvalue weighted by Crippen LogP contribution is 2.25. The number of nitrogens with one attached hydrogen (secondary N) is 2. The number of aryl methyl sites for hydroxylation is 1. The summed E-state index contributed by atoms with van der Waals surface area (Å²) in [4.78, 5) is 17.1. The van der Waals surface area contributed by atoms with Crippen LogP contribution < -0.4 is 10.6 Å². The van der Waals surface area contributed by atoms with Crippen LogP contribution in [-0.2, 0) is 0 Å². The van der Waals surface area contributed by atoms with E-state index in [4.69, 9.17) is 4.52 Å². The Morgan fingerprint density at radius 1 is 1.52 bits per heavy atom. The minimum atomic E-state index is -0.420. The number of carbonyl (C=O) groups excluding carboxylic acids is 1. The van der Waals surface area contributed by atoms with Crippen LogP contribution in [0.3, 0.4) is 0 Å². The molecule has 3 N–H and O–H groups in total. The van der Waals surface area contributed by atoms with Gasteiger partial charge in [0.25, 0.3) is 11.6 Å². The molecular formula is C16H22N4O3. The van der Waals surface area contributed by atoms with Crippen LogP contribution in [0.5, 0.6) is 0 Å². The number of rotatable bonds is 4. The van der Waals surface area contributed by atoms with E-state index in [9.17, 15) is 9.90 Å². The molecule has 3 rings (SSSR count). The molecule has 2 unspecified atom stereocenters. The van der Waals surface area contributed by atoms with Crippen LogP contribution in [0.25, 0.3) is 11.1 Å². The summed E-state index contributed by atoms with van der Waals surface area (Å²) in [7, 11) is 0. The van der Waals surface area contributed by atoms with E-state index in [-0.39, 0.29) is 17.7 Å². The smallest absolute Gasteiger partial charge is 0.259 e. The third-order valence-electron chi connectivity index (χ3n) is 4.30. The number of aliphatic hydroxyl groups is 1. The van der Waals surface area contributed by atoms with Gasteiger partial charge in [-0.05, 0) is 18.9 Å². The number of amides is 1. The van der Waals surface area contributed by atoms with E-state index < -0.39 is 6.10 Å². The SMILES string of the molecule is Cc1noc2nc(C(C)C)cc(C(=O)NCC3CNCC3O)c12. The van der Waals surface area contributed by atoms with Crippen molar-refractivity contribution >= 4 is 17.0 Å². The van der Waals surface area contributed by atoms with Crippen molar-refractivity contribution in [3.8, 4) is 0 Å². The molecule has 2 aromatic rings. The number of pyridine rings is 1. The summed E-state index contributed by atoms with van der Waals surface area (Å²) in [6.07, 6.45) is -0.420. The van der Waals surface area contributed by atoms with Gasteiger partial charge in [-0.25, -0.2) is 4.98 Å². The molecule has 2 atom stereocenters. The van der Waals surface area contributed by atoms with Gasteiger partial charge in [-0.2, -0.15) is 0 Å². The molecular weight excluding hydrogens is 296 g/mol. The average Bonchev–Trinajstić information content (AvgIpc) is 3.10. The number of hydrogen-bond donors (Lipinski definition) is 3.